The molecule has 2 aromatic heterocycles. The Labute approximate surface area is 208 Å². The van der Waals surface area contributed by atoms with Crippen LogP contribution in [0.2, 0.25) is 0 Å². The van der Waals surface area contributed by atoms with Crippen LogP contribution in [-0.4, -0.2) is 21.7 Å². The van der Waals surface area contributed by atoms with Gasteiger partial charge in [-0.2, -0.15) is 0 Å². The maximum atomic E-state index is 13.3. The number of para-hydroxylation sites is 1. The monoisotopic (exact) mass is 537 g/mol. The molecule has 3 heterocycles. The number of furan rings is 1. The molecule has 7 nitrogen and oxygen atoms in total. The fraction of sp³-hybridized carbons (Fsp3) is 0.200. The first kappa shape index (κ1) is 22.6. The van der Waals surface area contributed by atoms with Gasteiger partial charge in [0.05, 0.1) is 11.3 Å². The van der Waals surface area contributed by atoms with E-state index < -0.39 is 6.17 Å². The number of hydrogen-bond acceptors (Lipinski definition) is 5. The van der Waals surface area contributed by atoms with Gasteiger partial charge in [-0.25, -0.2) is 4.90 Å². The number of rotatable bonds is 5. The van der Waals surface area contributed by atoms with E-state index in [1.807, 2.05) is 60.7 Å². The van der Waals surface area contributed by atoms with Crippen LogP contribution in [0.25, 0.3) is 22.6 Å². The van der Waals surface area contributed by atoms with Crippen LogP contribution in [0.3, 0.4) is 0 Å². The van der Waals surface area contributed by atoms with Crippen molar-refractivity contribution in [3.8, 4) is 22.6 Å². The highest BCUT2D eigenvalue weighted by atomic mass is 79.9. The average molecular weight is 538 g/mol. The number of anilines is 1. The third-order valence-electron chi connectivity index (χ3n) is 5.53. The minimum atomic E-state index is -0.744. The van der Waals surface area contributed by atoms with Crippen LogP contribution < -0.4 is 15.1 Å². The van der Waals surface area contributed by atoms with Gasteiger partial charge >= 0.3 is 17.4 Å². The van der Waals surface area contributed by atoms with Crippen LogP contribution in [0.1, 0.15) is 32.2 Å². The van der Waals surface area contributed by atoms with Crippen molar-refractivity contribution in [1.82, 2.24) is 10.1 Å². The molecule has 5 rings (SSSR count). The zero-order chi connectivity index (χ0) is 23.8. The Bertz CT molecular complexity index is 1450. The lowest BCUT2D eigenvalue weighted by atomic mass is 10.0. The molecule has 172 valence electrons. The molecular formula is C25H22BrN4O3S+. The van der Waals surface area contributed by atoms with Gasteiger partial charge in [-0.15, -0.1) is 0 Å². The van der Waals surface area contributed by atoms with E-state index in [0.29, 0.717) is 33.6 Å². The summed E-state index contributed by atoms with van der Waals surface area (Å²) >= 11 is 4.97. The van der Waals surface area contributed by atoms with Gasteiger partial charge in [0, 0.05) is 27.8 Å². The molecule has 0 aliphatic carbocycles. The molecule has 0 saturated carbocycles. The number of nitrogens with zero attached hydrogens (tertiary/aromatic N) is 3. The maximum Gasteiger partial charge on any atom is 0.325 e. The summed E-state index contributed by atoms with van der Waals surface area (Å²) in [7, 11) is 0. The molecule has 0 spiro atoms. The second kappa shape index (κ2) is 9.23. The van der Waals surface area contributed by atoms with Gasteiger partial charge in [0.2, 0.25) is 11.1 Å². The highest BCUT2D eigenvalue weighted by molar-refractivity contribution is 9.10. The van der Waals surface area contributed by atoms with Gasteiger partial charge < -0.3 is 4.42 Å². The third kappa shape index (κ3) is 3.99. The number of halogens is 1. The Morgan fingerprint density at radius 3 is 2.79 bits per heavy atom. The number of amides is 1. The van der Waals surface area contributed by atoms with Gasteiger partial charge in [0.15, 0.2) is 5.76 Å². The van der Waals surface area contributed by atoms with Crippen molar-refractivity contribution in [3.05, 3.63) is 81.3 Å². The van der Waals surface area contributed by atoms with Gasteiger partial charge in [-0.05, 0) is 47.5 Å². The summed E-state index contributed by atoms with van der Waals surface area (Å²) in [5, 5.41) is 5.26. The third-order valence-corrected chi connectivity index (χ3v) is 7.09. The summed E-state index contributed by atoms with van der Waals surface area (Å²) in [5.74, 6) is 1.80. The van der Waals surface area contributed by atoms with E-state index in [0.717, 1.165) is 22.2 Å². The zero-order valence-electron chi connectivity index (χ0n) is 18.6. The number of fused-ring (bicyclic) bond motifs is 3. The number of carbonyl (C=O) groups excluding carboxylic acids is 1. The minimum absolute atomic E-state index is 0.180. The fourth-order valence-corrected chi connectivity index (χ4v) is 5.23. The van der Waals surface area contributed by atoms with Crippen molar-refractivity contribution in [2.24, 2.45) is 0 Å². The highest BCUT2D eigenvalue weighted by Gasteiger charge is 2.46. The molecule has 34 heavy (non-hydrogen) atoms. The van der Waals surface area contributed by atoms with Crippen molar-refractivity contribution < 1.29 is 13.9 Å². The van der Waals surface area contributed by atoms with Crippen molar-refractivity contribution in [2.45, 2.75) is 31.6 Å². The van der Waals surface area contributed by atoms with Gasteiger partial charge in [-0.1, -0.05) is 58.9 Å². The van der Waals surface area contributed by atoms with E-state index in [1.165, 1.54) is 18.7 Å². The standard InChI is InChI=1S/C25H21BrN4O3S/c1-3-13-34-25-27-23(32)22-18-9-4-5-10-19(18)29(15(2)31)24(30(22)28-25)21-12-11-20(33-21)16-7-6-8-17(26)14-16/h4-12,14,24H,3,13H2,1-2H3/p+1/t24-/m1/s1. The molecule has 2 aromatic carbocycles. The molecule has 1 amide bonds. The molecule has 0 radical (unpaired) electrons. The molecule has 1 atom stereocenters. The molecule has 0 bridgehead atoms. The minimum Gasteiger partial charge on any atom is -0.452 e. The summed E-state index contributed by atoms with van der Waals surface area (Å²) < 4.78 is 8.83. The molecule has 4 aromatic rings. The molecule has 0 unspecified atom stereocenters. The number of carbonyl (C=O) groups is 1. The smallest absolute Gasteiger partial charge is 0.325 e. The van der Waals surface area contributed by atoms with Crippen molar-refractivity contribution in [2.75, 3.05) is 10.7 Å². The highest BCUT2D eigenvalue weighted by Crippen LogP contribution is 2.38. The topological polar surface area (TPSA) is 83.1 Å². The van der Waals surface area contributed by atoms with E-state index in [2.05, 4.69) is 27.8 Å². The summed E-state index contributed by atoms with van der Waals surface area (Å²) in [5.41, 5.74) is 2.32. The maximum absolute atomic E-state index is 13.3. The second-order valence-electron chi connectivity index (χ2n) is 7.89. The predicted molar refractivity (Wildman–Crippen MR) is 135 cm³/mol. The average Bonchev–Trinajstić information content (AvgIpc) is 3.31. The number of hydrogen-bond donors (Lipinski definition) is 1. The van der Waals surface area contributed by atoms with Crippen LogP contribution >= 0.6 is 27.7 Å². The SMILES string of the molecule is CCCSc1n[n+]2c(c(=O)[nH]1)-c1ccccc1N(C(C)=O)[C@H]2c1ccc(-c2cccc(Br)c2)o1. The van der Waals surface area contributed by atoms with Crippen molar-refractivity contribution in [1.29, 1.82) is 0 Å². The molecular weight excluding hydrogens is 516 g/mol. The van der Waals surface area contributed by atoms with E-state index in [1.54, 1.807) is 9.58 Å². The first-order chi connectivity index (χ1) is 16.5. The largest absolute Gasteiger partial charge is 0.452 e. The zero-order valence-corrected chi connectivity index (χ0v) is 21.0. The van der Waals surface area contributed by atoms with Crippen LogP contribution in [0.15, 0.2) is 79.5 Å². The molecule has 1 aliphatic heterocycles. The van der Waals surface area contributed by atoms with Crippen molar-refractivity contribution >= 4 is 39.3 Å². The van der Waals surface area contributed by atoms with Crippen LogP contribution in [-0.2, 0) is 4.79 Å². The van der Waals surface area contributed by atoms with E-state index >= 15 is 0 Å². The number of thioether (sulfide) groups is 1. The fourth-order valence-electron chi connectivity index (χ4n) is 4.12. The van der Waals surface area contributed by atoms with E-state index in [9.17, 15) is 9.59 Å². The number of aromatic nitrogens is 3. The molecule has 0 fully saturated rings. The summed E-state index contributed by atoms with van der Waals surface area (Å²) in [4.78, 5) is 30.8. The number of aromatic amines is 1. The molecule has 9 heteroatoms. The van der Waals surface area contributed by atoms with Gasteiger partial charge in [-0.3, -0.25) is 14.6 Å². The Kier molecular flexibility index (Phi) is 6.14. The predicted octanol–water partition coefficient (Wildman–Crippen LogP) is 5.16. The van der Waals surface area contributed by atoms with Crippen LogP contribution in [0.5, 0.6) is 0 Å². The Morgan fingerprint density at radius 1 is 1.21 bits per heavy atom. The first-order valence-corrected chi connectivity index (χ1v) is 12.7. The van der Waals surface area contributed by atoms with E-state index in [-0.39, 0.29) is 11.5 Å². The van der Waals surface area contributed by atoms with Crippen molar-refractivity contribution in [3.63, 3.8) is 0 Å². The Balaban J connectivity index is 1.73. The number of H-pyrrole nitrogens is 1. The summed E-state index contributed by atoms with van der Waals surface area (Å²) in [6, 6.07) is 18.9. The lowest BCUT2D eigenvalue weighted by molar-refractivity contribution is -0.764. The molecule has 0 saturated heterocycles. The number of benzene rings is 2. The first-order valence-electron chi connectivity index (χ1n) is 10.9. The summed E-state index contributed by atoms with van der Waals surface area (Å²) in [6.45, 7) is 3.58. The molecule has 1 N–H and O–H groups in total. The quantitative estimate of drug-likeness (QED) is 0.280. The van der Waals surface area contributed by atoms with Gasteiger partial charge in [0.25, 0.3) is 0 Å². The normalized spacial score (nSPS) is 14.6. The Morgan fingerprint density at radius 2 is 2.03 bits per heavy atom. The van der Waals surface area contributed by atoms with Crippen LogP contribution in [0, 0.1) is 0 Å². The van der Waals surface area contributed by atoms with Crippen LogP contribution in [0.4, 0.5) is 5.69 Å². The Hall–Kier alpha value is -3.17. The summed E-state index contributed by atoms with van der Waals surface area (Å²) in [6.07, 6.45) is 0.197. The second-order valence-corrected chi connectivity index (χ2v) is 9.89. The number of nitrogens with one attached hydrogen (secondary N) is 1. The van der Waals surface area contributed by atoms with Gasteiger partial charge in [0.1, 0.15) is 5.76 Å². The van der Waals surface area contributed by atoms with E-state index in [4.69, 9.17) is 9.52 Å². The lowest BCUT2D eigenvalue weighted by Crippen LogP contribution is -2.60. The molecule has 1 aliphatic rings. The lowest BCUT2D eigenvalue weighted by Gasteiger charge is -2.30.